The number of rotatable bonds is 10. The molecule has 0 radical (unpaired) electrons. The van der Waals surface area contributed by atoms with Gasteiger partial charge >= 0.3 is 5.97 Å². The highest BCUT2D eigenvalue weighted by atomic mass is 16.5. The average molecular weight is 321 g/mol. The van der Waals surface area contributed by atoms with Crippen molar-refractivity contribution in [2.24, 2.45) is 0 Å². The molecule has 128 valence electrons. The quantitative estimate of drug-likeness (QED) is 0.408. The predicted octanol–water partition coefficient (Wildman–Crippen LogP) is 2.90. The van der Waals surface area contributed by atoms with Gasteiger partial charge in [0.2, 0.25) is 0 Å². The number of methoxy groups -OCH3 is 1. The molecule has 0 aromatic heterocycles. The van der Waals surface area contributed by atoms with Gasteiger partial charge in [0.15, 0.2) is 5.78 Å². The van der Waals surface area contributed by atoms with E-state index in [-0.39, 0.29) is 18.2 Å². The minimum absolute atomic E-state index is 0.0431. The van der Waals surface area contributed by atoms with Crippen LogP contribution in [0.2, 0.25) is 0 Å². The van der Waals surface area contributed by atoms with Crippen LogP contribution in [0.15, 0.2) is 18.2 Å². The highest BCUT2D eigenvalue weighted by molar-refractivity contribution is 6.02. The molecular weight excluding hydrogens is 294 g/mol. The Labute approximate surface area is 138 Å². The van der Waals surface area contributed by atoms with E-state index in [1.54, 1.807) is 32.2 Å². The van der Waals surface area contributed by atoms with Crippen LogP contribution in [0, 0.1) is 6.92 Å². The van der Waals surface area contributed by atoms with Crippen molar-refractivity contribution in [3.63, 3.8) is 0 Å². The molecule has 0 saturated carbocycles. The third kappa shape index (κ3) is 6.02. The summed E-state index contributed by atoms with van der Waals surface area (Å²) in [6.45, 7) is 6.74. The summed E-state index contributed by atoms with van der Waals surface area (Å²) in [5.41, 5.74) is 1.46. The summed E-state index contributed by atoms with van der Waals surface area (Å²) in [6.07, 6.45) is 2.02. The van der Waals surface area contributed by atoms with Gasteiger partial charge in [-0.15, -0.1) is 0 Å². The Kier molecular flexibility index (Phi) is 8.33. The first kappa shape index (κ1) is 19.2. The van der Waals surface area contributed by atoms with Crippen molar-refractivity contribution in [1.82, 2.24) is 5.32 Å². The fourth-order valence-corrected chi connectivity index (χ4v) is 2.33. The van der Waals surface area contributed by atoms with E-state index in [4.69, 9.17) is 9.47 Å². The van der Waals surface area contributed by atoms with Crippen molar-refractivity contribution >= 4 is 11.8 Å². The summed E-state index contributed by atoms with van der Waals surface area (Å²) in [6, 6.07) is 4.73. The predicted molar refractivity (Wildman–Crippen MR) is 90.0 cm³/mol. The second-order valence-electron chi connectivity index (χ2n) is 5.42. The fraction of sp³-hybridized carbons (Fsp3) is 0.556. The number of nitrogens with one attached hydrogen (secondary N) is 1. The van der Waals surface area contributed by atoms with Crippen molar-refractivity contribution in [1.29, 1.82) is 0 Å². The van der Waals surface area contributed by atoms with Crippen LogP contribution in [0.1, 0.15) is 49.0 Å². The Morgan fingerprint density at radius 1 is 1.26 bits per heavy atom. The van der Waals surface area contributed by atoms with Crippen molar-refractivity contribution in [3.05, 3.63) is 29.3 Å². The van der Waals surface area contributed by atoms with Crippen LogP contribution in [0.25, 0.3) is 0 Å². The minimum atomic E-state index is -0.562. The first-order valence-electron chi connectivity index (χ1n) is 8.11. The fourth-order valence-electron chi connectivity index (χ4n) is 2.33. The van der Waals surface area contributed by atoms with E-state index in [2.05, 4.69) is 12.2 Å². The van der Waals surface area contributed by atoms with Gasteiger partial charge in [0.25, 0.3) is 0 Å². The molecule has 0 saturated heterocycles. The third-order valence-corrected chi connectivity index (χ3v) is 3.59. The first-order chi connectivity index (χ1) is 11.0. The minimum Gasteiger partial charge on any atom is -0.496 e. The number of esters is 1. The van der Waals surface area contributed by atoms with Crippen molar-refractivity contribution < 1.29 is 19.1 Å². The average Bonchev–Trinajstić information content (AvgIpc) is 2.53. The smallest absolute Gasteiger partial charge is 0.307 e. The number of carbonyl (C=O) groups is 2. The molecule has 5 heteroatoms. The van der Waals surface area contributed by atoms with E-state index in [9.17, 15) is 9.59 Å². The summed E-state index contributed by atoms with van der Waals surface area (Å²) in [7, 11) is 1.60. The van der Waals surface area contributed by atoms with E-state index in [0.29, 0.717) is 18.7 Å². The Balaban J connectivity index is 2.88. The van der Waals surface area contributed by atoms with Crippen LogP contribution in [-0.4, -0.2) is 38.1 Å². The van der Waals surface area contributed by atoms with Crippen molar-refractivity contribution in [2.45, 2.75) is 46.1 Å². The highest BCUT2D eigenvalue weighted by Gasteiger charge is 2.23. The molecule has 1 atom stereocenters. The molecule has 1 N–H and O–H groups in total. The van der Waals surface area contributed by atoms with Crippen LogP contribution in [0.4, 0.5) is 0 Å². The van der Waals surface area contributed by atoms with Gasteiger partial charge in [0.05, 0.1) is 26.2 Å². The lowest BCUT2D eigenvalue weighted by Gasteiger charge is -2.17. The summed E-state index contributed by atoms with van der Waals surface area (Å²) in [4.78, 5) is 24.5. The molecule has 5 nitrogen and oxygen atoms in total. The molecule has 0 fully saturated rings. The van der Waals surface area contributed by atoms with Crippen LogP contribution in [-0.2, 0) is 9.53 Å². The number of carbonyl (C=O) groups excluding carboxylic acids is 2. The molecule has 0 spiro atoms. The molecular formula is C18H27NO4. The second-order valence-corrected chi connectivity index (χ2v) is 5.42. The molecule has 0 amide bonds. The SMILES string of the molecule is CCCCNC(CC(=O)OCC)C(=O)c1ccc(OC)c(C)c1. The number of hydrogen-bond acceptors (Lipinski definition) is 5. The topological polar surface area (TPSA) is 64.6 Å². The molecule has 1 aromatic carbocycles. The summed E-state index contributed by atoms with van der Waals surface area (Å²) >= 11 is 0. The number of unbranched alkanes of at least 4 members (excludes halogenated alkanes) is 1. The molecule has 0 aliphatic carbocycles. The summed E-state index contributed by atoms with van der Waals surface area (Å²) < 4.78 is 10.2. The Morgan fingerprint density at radius 2 is 2.00 bits per heavy atom. The Hall–Kier alpha value is -1.88. The van der Waals surface area contributed by atoms with Crippen LogP contribution in [0.5, 0.6) is 5.75 Å². The van der Waals surface area contributed by atoms with E-state index < -0.39 is 6.04 Å². The van der Waals surface area contributed by atoms with Crippen molar-refractivity contribution in [3.8, 4) is 5.75 Å². The maximum atomic E-state index is 12.7. The normalized spacial score (nSPS) is 11.8. The van der Waals surface area contributed by atoms with Gasteiger partial charge < -0.3 is 14.8 Å². The lowest BCUT2D eigenvalue weighted by molar-refractivity contribution is -0.143. The molecule has 0 heterocycles. The number of Topliss-reactive ketones (excluding diaryl/α,β-unsaturated/α-hetero) is 1. The standard InChI is InChI=1S/C18H27NO4/c1-5-7-10-19-15(12-17(20)23-6-2)18(21)14-8-9-16(22-4)13(3)11-14/h8-9,11,15,19H,5-7,10,12H2,1-4H3. The molecule has 23 heavy (non-hydrogen) atoms. The van der Waals surface area contributed by atoms with Gasteiger partial charge in [-0.3, -0.25) is 9.59 Å². The third-order valence-electron chi connectivity index (χ3n) is 3.59. The van der Waals surface area contributed by atoms with Gasteiger partial charge in [0, 0.05) is 5.56 Å². The second kappa shape index (κ2) is 10.0. The van der Waals surface area contributed by atoms with E-state index in [0.717, 1.165) is 24.2 Å². The summed E-state index contributed by atoms with van der Waals surface area (Å²) in [5, 5.41) is 3.17. The number of hydrogen-bond donors (Lipinski definition) is 1. The lowest BCUT2D eigenvalue weighted by atomic mass is 9.99. The first-order valence-corrected chi connectivity index (χ1v) is 8.11. The van der Waals surface area contributed by atoms with E-state index in [1.807, 2.05) is 6.92 Å². The Bertz CT molecular complexity index is 528. The van der Waals surface area contributed by atoms with Gasteiger partial charge in [-0.2, -0.15) is 0 Å². The van der Waals surface area contributed by atoms with Crippen LogP contribution >= 0.6 is 0 Å². The highest BCUT2D eigenvalue weighted by Crippen LogP contribution is 2.20. The number of benzene rings is 1. The molecule has 0 aliphatic heterocycles. The van der Waals surface area contributed by atoms with Crippen LogP contribution < -0.4 is 10.1 Å². The number of aryl methyl sites for hydroxylation is 1. The zero-order valence-corrected chi connectivity index (χ0v) is 14.5. The van der Waals surface area contributed by atoms with Crippen LogP contribution in [0.3, 0.4) is 0 Å². The molecule has 1 rings (SSSR count). The maximum absolute atomic E-state index is 12.7. The van der Waals surface area contributed by atoms with Gasteiger partial charge in [-0.1, -0.05) is 13.3 Å². The van der Waals surface area contributed by atoms with E-state index >= 15 is 0 Å². The lowest BCUT2D eigenvalue weighted by Crippen LogP contribution is -2.39. The van der Waals surface area contributed by atoms with Gasteiger partial charge in [0.1, 0.15) is 5.75 Å². The van der Waals surface area contributed by atoms with Crippen molar-refractivity contribution in [2.75, 3.05) is 20.3 Å². The van der Waals surface area contributed by atoms with Gasteiger partial charge in [-0.25, -0.2) is 0 Å². The Morgan fingerprint density at radius 3 is 2.57 bits per heavy atom. The zero-order chi connectivity index (χ0) is 17.2. The maximum Gasteiger partial charge on any atom is 0.307 e. The molecule has 1 unspecified atom stereocenters. The van der Waals surface area contributed by atoms with Gasteiger partial charge in [-0.05, 0) is 50.6 Å². The summed E-state index contributed by atoms with van der Waals surface area (Å²) in [5.74, 6) is 0.280. The molecule has 0 aliphatic rings. The zero-order valence-electron chi connectivity index (χ0n) is 14.5. The largest absolute Gasteiger partial charge is 0.496 e. The molecule has 1 aromatic rings. The number of ether oxygens (including phenoxy) is 2. The molecule has 0 bridgehead atoms. The van der Waals surface area contributed by atoms with E-state index in [1.165, 1.54) is 0 Å². The monoisotopic (exact) mass is 321 g/mol. The number of ketones is 1.